The normalized spacial score (nSPS) is 17.1. The summed E-state index contributed by atoms with van der Waals surface area (Å²) in [5, 5.41) is 0. The van der Waals surface area contributed by atoms with Crippen LogP contribution in [0, 0.1) is 11.8 Å². The average molecular weight is 1040 g/mol. The zero-order chi connectivity index (χ0) is 54.2. The summed E-state index contributed by atoms with van der Waals surface area (Å²) < 4.78 is 15.8. The number of hydrogen-bond donors (Lipinski definition) is 0. The predicted octanol–water partition coefficient (Wildman–Crippen LogP) is 9.29. The molecule has 0 aromatic carbocycles. The number of methoxy groups -OCH3 is 1. The van der Waals surface area contributed by atoms with Gasteiger partial charge in [-0.25, -0.2) is 0 Å². The molecule has 4 aliphatic rings. The van der Waals surface area contributed by atoms with Gasteiger partial charge in [0.2, 0.25) is 0 Å². The van der Waals surface area contributed by atoms with Crippen LogP contribution in [0.25, 0.3) is 0 Å². The molecule has 6 amide bonds. The Balaban J connectivity index is 0.000000388. The number of nitrogens with zero attached hydrogens (tertiary/aromatic N) is 3. The maximum absolute atomic E-state index is 12.3. The minimum absolute atomic E-state index is 0.00576. The third-order valence-corrected chi connectivity index (χ3v) is 13.7. The van der Waals surface area contributed by atoms with Gasteiger partial charge in [-0.05, 0) is 63.7 Å². The predicted molar refractivity (Wildman–Crippen MR) is 283 cm³/mol. The molecule has 1 fully saturated rings. The van der Waals surface area contributed by atoms with Crippen LogP contribution >= 0.6 is 0 Å². The van der Waals surface area contributed by atoms with Gasteiger partial charge >= 0.3 is 0 Å². The maximum atomic E-state index is 12.3. The summed E-state index contributed by atoms with van der Waals surface area (Å²) in [7, 11) is 1.70. The smallest absolute Gasteiger partial charge is 0.253 e. The lowest BCUT2D eigenvalue weighted by Crippen LogP contribution is -2.36. The largest absolute Gasteiger partial charge is 0.385 e. The zero-order valence-electron chi connectivity index (χ0n) is 45.4. The van der Waals surface area contributed by atoms with Crippen molar-refractivity contribution < 1.29 is 62.2 Å². The van der Waals surface area contributed by atoms with Crippen LogP contribution < -0.4 is 0 Å². The van der Waals surface area contributed by atoms with Gasteiger partial charge in [0.05, 0.1) is 19.8 Å². The fourth-order valence-corrected chi connectivity index (χ4v) is 9.05. The van der Waals surface area contributed by atoms with Crippen molar-refractivity contribution in [3.63, 3.8) is 0 Å². The van der Waals surface area contributed by atoms with Crippen LogP contribution in [-0.4, -0.2) is 133 Å². The van der Waals surface area contributed by atoms with Crippen LogP contribution in [0.3, 0.4) is 0 Å². The fourth-order valence-electron chi connectivity index (χ4n) is 9.05. The van der Waals surface area contributed by atoms with E-state index in [1.54, 1.807) is 7.11 Å². The highest BCUT2D eigenvalue weighted by Crippen LogP contribution is 2.31. The summed E-state index contributed by atoms with van der Waals surface area (Å²) in [5.74, 6) is -0.363. The molecule has 0 saturated heterocycles. The second-order valence-corrected chi connectivity index (χ2v) is 19.9. The van der Waals surface area contributed by atoms with Gasteiger partial charge in [-0.2, -0.15) is 0 Å². The van der Waals surface area contributed by atoms with E-state index in [9.17, 15) is 47.9 Å². The van der Waals surface area contributed by atoms with Crippen molar-refractivity contribution in [1.82, 2.24) is 14.7 Å². The Hall–Kier alpha value is -4.80. The number of rotatable bonds is 41. The molecule has 0 aromatic rings. The fraction of sp³-hybridized carbons (Fsp3) is 0.724. The first-order chi connectivity index (χ1) is 35.8. The number of carbonyl (C=O) groups is 10. The minimum atomic E-state index is -0.361. The van der Waals surface area contributed by atoms with E-state index < -0.39 is 0 Å². The minimum Gasteiger partial charge on any atom is -0.385 e. The first-order valence-corrected chi connectivity index (χ1v) is 28.1. The van der Waals surface area contributed by atoms with Crippen molar-refractivity contribution in [3.05, 3.63) is 36.5 Å². The van der Waals surface area contributed by atoms with Crippen molar-refractivity contribution in [2.45, 2.75) is 200 Å². The Bertz CT molecular complexity index is 1780. The average Bonchev–Trinajstić information content (AvgIpc) is 4.02. The van der Waals surface area contributed by atoms with Gasteiger partial charge in [0.25, 0.3) is 35.4 Å². The quantitative estimate of drug-likeness (QED) is 0.0414. The van der Waals surface area contributed by atoms with E-state index in [1.807, 2.05) is 0 Å². The molecular formula is C58H91N3O13. The van der Waals surface area contributed by atoms with Crippen LogP contribution in [0.15, 0.2) is 36.5 Å². The summed E-state index contributed by atoms with van der Waals surface area (Å²) in [6.07, 6.45) is 34.8. The second-order valence-electron chi connectivity index (χ2n) is 19.9. The number of unbranched alkanes of at least 4 members (excludes halogenated alkanes) is 14. The van der Waals surface area contributed by atoms with Gasteiger partial charge in [-0.15, -0.1) is 0 Å². The molecule has 3 aliphatic heterocycles. The number of amides is 6. The second kappa shape index (κ2) is 41.4. The highest BCUT2D eigenvalue weighted by Gasteiger charge is 2.31. The van der Waals surface area contributed by atoms with Crippen LogP contribution in [0.5, 0.6) is 0 Å². The molecule has 4 rings (SSSR count). The van der Waals surface area contributed by atoms with E-state index >= 15 is 0 Å². The van der Waals surface area contributed by atoms with Crippen molar-refractivity contribution in [1.29, 1.82) is 0 Å². The molecule has 0 N–H and O–H groups in total. The first kappa shape index (κ1) is 65.3. The standard InChI is InChI=1S/C23H37NO6.C20H31NO3.C15H23NO4/c1-2-3-4-5-6-7-9-21(26)14-17-30-19-18-29-16-8-10-20(25)13-15-24-22(27)11-12-23(24)28;1-2-3-4-5-6-7-8-18(22)17-11-9-16(10-12-17)15-21-19(23)13-14-20(21)24;1-20-12-6-4-2-3-5-7-13(17)10-11-16-14(18)8-9-15(16)19/h11-12H,2-10,13-19H2,1H3;13-14,16-17H,2-12,15H2,1H3;8-9H,2-7,10-12H2,1H3. The van der Waals surface area contributed by atoms with E-state index in [1.165, 1.54) is 99.1 Å². The highest BCUT2D eigenvalue weighted by molar-refractivity contribution is 6.14. The van der Waals surface area contributed by atoms with E-state index in [2.05, 4.69) is 13.8 Å². The lowest BCUT2D eigenvalue weighted by Gasteiger charge is -2.30. The van der Waals surface area contributed by atoms with Crippen molar-refractivity contribution in [2.24, 2.45) is 11.8 Å². The Labute approximate surface area is 442 Å². The molecule has 1 aliphatic carbocycles. The van der Waals surface area contributed by atoms with Crippen molar-refractivity contribution in [2.75, 3.05) is 59.8 Å². The molecular weight excluding hydrogens is 947 g/mol. The van der Waals surface area contributed by atoms with Gasteiger partial charge in [0.15, 0.2) is 0 Å². The summed E-state index contributed by atoms with van der Waals surface area (Å²) in [4.78, 5) is 120. The maximum Gasteiger partial charge on any atom is 0.253 e. The molecule has 0 radical (unpaired) electrons. The van der Waals surface area contributed by atoms with Crippen LogP contribution in [0.4, 0.5) is 0 Å². The van der Waals surface area contributed by atoms with Gasteiger partial charge in [0, 0.05) is 127 Å². The third-order valence-electron chi connectivity index (χ3n) is 13.7. The molecule has 0 atom stereocenters. The summed E-state index contributed by atoms with van der Waals surface area (Å²) >= 11 is 0. The lowest BCUT2D eigenvalue weighted by molar-refractivity contribution is -0.139. The molecule has 0 spiro atoms. The van der Waals surface area contributed by atoms with Gasteiger partial charge in [-0.3, -0.25) is 62.6 Å². The Morgan fingerprint density at radius 3 is 1.24 bits per heavy atom. The number of ether oxygens (including phenoxy) is 3. The van der Waals surface area contributed by atoms with Crippen molar-refractivity contribution >= 4 is 58.6 Å². The van der Waals surface area contributed by atoms with Gasteiger partial charge < -0.3 is 14.2 Å². The SMILES string of the molecule is CCCCCCCCC(=O)C1CCC(CN2C(=O)C=CC2=O)CC1.CCCCCCCCC(=O)CCOCCOCCCC(=O)CCN1C(=O)C=CC1=O.COCCCCCCCC(=O)CCN1C(=O)C=CC1=O. The monoisotopic (exact) mass is 1040 g/mol. The number of ketones is 4. The van der Waals surface area contributed by atoms with E-state index in [0.717, 1.165) is 99.9 Å². The Morgan fingerprint density at radius 2 is 0.784 bits per heavy atom. The van der Waals surface area contributed by atoms with Gasteiger partial charge in [-0.1, -0.05) is 97.3 Å². The summed E-state index contributed by atoms with van der Waals surface area (Å²) in [6.45, 7) is 7.81. The highest BCUT2D eigenvalue weighted by atomic mass is 16.5. The summed E-state index contributed by atoms with van der Waals surface area (Å²) in [5.41, 5.74) is 0. The van der Waals surface area contributed by atoms with E-state index in [4.69, 9.17) is 14.2 Å². The summed E-state index contributed by atoms with van der Waals surface area (Å²) in [6, 6.07) is 0. The molecule has 0 unspecified atom stereocenters. The number of imide groups is 3. The first-order valence-electron chi connectivity index (χ1n) is 28.1. The molecule has 0 bridgehead atoms. The molecule has 16 nitrogen and oxygen atoms in total. The third kappa shape index (κ3) is 29.9. The number of Topliss-reactive ketones (excluding diaryl/α,β-unsaturated/α-hetero) is 4. The van der Waals surface area contributed by atoms with Gasteiger partial charge in [0.1, 0.15) is 23.1 Å². The van der Waals surface area contributed by atoms with Crippen LogP contribution in [-0.2, 0) is 62.2 Å². The Morgan fingerprint density at radius 1 is 0.405 bits per heavy atom. The van der Waals surface area contributed by atoms with Crippen LogP contribution in [0.2, 0.25) is 0 Å². The van der Waals surface area contributed by atoms with Crippen LogP contribution in [0.1, 0.15) is 200 Å². The van der Waals surface area contributed by atoms with E-state index in [-0.39, 0.29) is 84.6 Å². The molecule has 74 heavy (non-hydrogen) atoms. The Kier molecular flexibility index (Phi) is 36.6. The lowest BCUT2D eigenvalue weighted by atomic mass is 9.79. The molecule has 416 valence electrons. The molecule has 0 aromatic heterocycles. The zero-order valence-corrected chi connectivity index (χ0v) is 45.4. The molecule has 3 heterocycles. The number of hydrogen-bond acceptors (Lipinski definition) is 13. The van der Waals surface area contributed by atoms with Crippen molar-refractivity contribution in [3.8, 4) is 0 Å². The number of carbonyl (C=O) groups excluding carboxylic acids is 10. The topological polar surface area (TPSA) is 208 Å². The van der Waals surface area contributed by atoms with E-state index in [0.29, 0.717) is 76.8 Å². The molecule has 16 heteroatoms. The molecule has 1 saturated carbocycles.